The zero-order valence-corrected chi connectivity index (χ0v) is 9.88. The summed E-state index contributed by atoms with van der Waals surface area (Å²) in [5.74, 6) is -1.53. The van der Waals surface area contributed by atoms with Crippen molar-refractivity contribution in [1.29, 1.82) is 0 Å². The van der Waals surface area contributed by atoms with Crippen molar-refractivity contribution in [3.63, 3.8) is 0 Å². The zero-order valence-electron chi connectivity index (χ0n) is 9.12. The number of carbonyl (C=O) groups is 1. The molecule has 5 heteroatoms. The van der Waals surface area contributed by atoms with Crippen LogP contribution < -0.4 is 5.32 Å². The molecule has 3 nitrogen and oxygen atoms in total. The summed E-state index contributed by atoms with van der Waals surface area (Å²) in [7, 11) is 0. The summed E-state index contributed by atoms with van der Waals surface area (Å²) in [6.45, 7) is 0.634. The van der Waals surface area contributed by atoms with E-state index in [1.807, 2.05) is 0 Å². The Morgan fingerprint density at radius 3 is 2.94 bits per heavy atom. The van der Waals surface area contributed by atoms with Gasteiger partial charge in [0.2, 0.25) is 0 Å². The minimum absolute atomic E-state index is 0.113. The van der Waals surface area contributed by atoms with E-state index in [0.29, 0.717) is 24.4 Å². The van der Waals surface area contributed by atoms with Crippen molar-refractivity contribution in [2.75, 3.05) is 6.54 Å². The van der Waals surface area contributed by atoms with Crippen LogP contribution in [0.2, 0.25) is 5.02 Å². The monoisotopic (exact) mass is 257 g/mol. The van der Waals surface area contributed by atoms with Crippen LogP contribution in [-0.2, 0) is 4.79 Å². The lowest BCUT2D eigenvalue weighted by molar-refractivity contribution is -0.143. The van der Waals surface area contributed by atoms with E-state index in [2.05, 4.69) is 5.32 Å². The van der Waals surface area contributed by atoms with E-state index < -0.39 is 5.97 Å². The smallest absolute Gasteiger partial charge is 0.306 e. The summed E-state index contributed by atoms with van der Waals surface area (Å²) in [6.07, 6.45) is 1.10. The van der Waals surface area contributed by atoms with E-state index >= 15 is 0 Å². The molecule has 0 saturated carbocycles. The predicted molar refractivity (Wildman–Crippen MR) is 62.5 cm³/mol. The second-order valence-corrected chi connectivity index (χ2v) is 4.64. The van der Waals surface area contributed by atoms with Gasteiger partial charge < -0.3 is 10.4 Å². The van der Waals surface area contributed by atoms with Crippen molar-refractivity contribution in [1.82, 2.24) is 5.32 Å². The highest BCUT2D eigenvalue weighted by Gasteiger charge is 2.28. The molecule has 2 unspecified atom stereocenters. The molecule has 0 aliphatic carbocycles. The Labute approximate surface area is 104 Å². The van der Waals surface area contributed by atoms with Crippen molar-refractivity contribution < 1.29 is 14.3 Å². The molecule has 1 aliphatic heterocycles. The molecule has 2 N–H and O–H groups in total. The summed E-state index contributed by atoms with van der Waals surface area (Å²) in [4.78, 5) is 10.9. The highest BCUT2D eigenvalue weighted by Crippen LogP contribution is 2.31. The Morgan fingerprint density at radius 2 is 2.29 bits per heavy atom. The Kier molecular flexibility index (Phi) is 3.64. The maximum atomic E-state index is 12.9. The molecule has 2 rings (SSSR count). The molecular weight excluding hydrogens is 245 g/mol. The minimum atomic E-state index is -0.783. The first-order chi connectivity index (χ1) is 8.08. The van der Waals surface area contributed by atoms with Crippen molar-refractivity contribution in [2.24, 2.45) is 5.92 Å². The van der Waals surface area contributed by atoms with Gasteiger partial charge in [-0.15, -0.1) is 0 Å². The molecule has 0 bridgehead atoms. The third kappa shape index (κ3) is 2.76. The second kappa shape index (κ2) is 5.02. The standard InChI is InChI=1S/C12H13ClFNO2/c13-10-6-8(14)1-2-9(10)11-5-7(12(16)17)3-4-15-11/h1-2,6-7,11,15H,3-5H2,(H,16,17). The average molecular weight is 258 g/mol. The number of benzene rings is 1. The van der Waals surface area contributed by atoms with Gasteiger partial charge in [0.1, 0.15) is 5.82 Å². The average Bonchev–Trinajstić information content (AvgIpc) is 2.29. The topological polar surface area (TPSA) is 49.3 Å². The Balaban J connectivity index is 2.19. The molecule has 1 saturated heterocycles. The molecule has 0 aromatic heterocycles. The number of carboxylic acids is 1. The van der Waals surface area contributed by atoms with Crippen LogP contribution in [0.15, 0.2) is 18.2 Å². The van der Waals surface area contributed by atoms with Gasteiger partial charge in [-0.25, -0.2) is 4.39 Å². The first-order valence-corrected chi connectivity index (χ1v) is 5.87. The van der Waals surface area contributed by atoms with E-state index in [1.54, 1.807) is 6.07 Å². The Hall–Kier alpha value is -1.13. The van der Waals surface area contributed by atoms with Crippen molar-refractivity contribution in [2.45, 2.75) is 18.9 Å². The van der Waals surface area contributed by atoms with Crippen molar-refractivity contribution >= 4 is 17.6 Å². The Morgan fingerprint density at radius 1 is 1.53 bits per heavy atom. The fraction of sp³-hybridized carbons (Fsp3) is 0.417. The van der Waals surface area contributed by atoms with E-state index in [4.69, 9.17) is 16.7 Å². The van der Waals surface area contributed by atoms with Gasteiger partial charge in [0.05, 0.1) is 5.92 Å². The number of carboxylic acid groups (broad SMARTS) is 1. The van der Waals surface area contributed by atoms with E-state index in [1.165, 1.54) is 12.1 Å². The van der Waals surface area contributed by atoms with Gasteiger partial charge in [0, 0.05) is 11.1 Å². The predicted octanol–water partition coefficient (Wildman–Crippen LogP) is 2.60. The van der Waals surface area contributed by atoms with Gasteiger partial charge in [-0.05, 0) is 37.1 Å². The Bertz CT molecular complexity index is 439. The summed E-state index contributed by atoms with van der Waals surface area (Å²) < 4.78 is 12.9. The molecule has 1 aliphatic rings. The van der Waals surface area contributed by atoms with Crippen LogP contribution in [-0.4, -0.2) is 17.6 Å². The van der Waals surface area contributed by atoms with Crippen LogP contribution in [0.4, 0.5) is 4.39 Å². The van der Waals surface area contributed by atoms with Crippen LogP contribution in [0, 0.1) is 11.7 Å². The normalized spacial score (nSPS) is 24.6. The molecule has 0 radical (unpaired) electrons. The number of hydrogen-bond acceptors (Lipinski definition) is 2. The van der Waals surface area contributed by atoms with E-state index in [-0.39, 0.29) is 17.8 Å². The molecule has 92 valence electrons. The van der Waals surface area contributed by atoms with Crippen LogP contribution in [0.25, 0.3) is 0 Å². The molecule has 1 aromatic carbocycles. The maximum Gasteiger partial charge on any atom is 0.306 e. The molecule has 0 amide bonds. The van der Waals surface area contributed by atoms with Gasteiger partial charge in [0.25, 0.3) is 0 Å². The quantitative estimate of drug-likeness (QED) is 0.856. The lowest BCUT2D eigenvalue weighted by Gasteiger charge is -2.28. The fourth-order valence-electron chi connectivity index (χ4n) is 2.16. The molecular formula is C12H13ClFNO2. The van der Waals surface area contributed by atoms with Crippen LogP contribution >= 0.6 is 11.6 Å². The number of halogens is 2. The molecule has 1 heterocycles. The minimum Gasteiger partial charge on any atom is -0.481 e. The maximum absolute atomic E-state index is 12.9. The van der Waals surface area contributed by atoms with Gasteiger partial charge in [-0.3, -0.25) is 4.79 Å². The summed E-state index contributed by atoms with van der Waals surface area (Å²) >= 11 is 5.96. The molecule has 0 spiro atoms. The van der Waals surface area contributed by atoms with Gasteiger partial charge >= 0.3 is 5.97 Å². The number of aliphatic carboxylic acids is 1. The molecule has 2 atom stereocenters. The summed E-state index contributed by atoms with van der Waals surface area (Å²) in [6, 6.07) is 4.09. The lowest BCUT2D eigenvalue weighted by atomic mass is 9.89. The van der Waals surface area contributed by atoms with Crippen LogP contribution in [0.5, 0.6) is 0 Å². The van der Waals surface area contributed by atoms with Crippen molar-refractivity contribution in [3.05, 3.63) is 34.6 Å². The largest absolute Gasteiger partial charge is 0.481 e. The number of rotatable bonds is 2. The third-order valence-electron chi connectivity index (χ3n) is 3.09. The van der Waals surface area contributed by atoms with Gasteiger partial charge in [-0.2, -0.15) is 0 Å². The number of hydrogen-bond donors (Lipinski definition) is 2. The third-order valence-corrected chi connectivity index (χ3v) is 3.42. The van der Waals surface area contributed by atoms with Crippen LogP contribution in [0.1, 0.15) is 24.4 Å². The van der Waals surface area contributed by atoms with Gasteiger partial charge in [-0.1, -0.05) is 17.7 Å². The first-order valence-electron chi connectivity index (χ1n) is 5.49. The van der Waals surface area contributed by atoms with Crippen LogP contribution in [0.3, 0.4) is 0 Å². The van der Waals surface area contributed by atoms with E-state index in [0.717, 1.165) is 5.56 Å². The highest BCUT2D eigenvalue weighted by atomic mass is 35.5. The highest BCUT2D eigenvalue weighted by molar-refractivity contribution is 6.31. The number of nitrogens with one attached hydrogen (secondary N) is 1. The zero-order chi connectivity index (χ0) is 12.4. The summed E-state index contributed by atoms with van der Waals surface area (Å²) in [5.41, 5.74) is 0.763. The molecule has 1 aromatic rings. The summed E-state index contributed by atoms with van der Waals surface area (Å²) in [5, 5.41) is 12.5. The van der Waals surface area contributed by atoms with Crippen molar-refractivity contribution in [3.8, 4) is 0 Å². The van der Waals surface area contributed by atoms with Gasteiger partial charge in [0.15, 0.2) is 0 Å². The molecule has 17 heavy (non-hydrogen) atoms. The lowest BCUT2D eigenvalue weighted by Crippen LogP contribution is -2.35. The molecule has 1 fully saturated rings. The first kappa shape index (κ1) is 12.3. The fourth-order valence-corrected chi connectivity index (χ4v) is 2.46. The van der Waals surface area contributed by atoms with E-state index in [9.17, 15) is 9.18 Å². The number of piperidine rings is 1. The second-order valence-electron chi connectivity index (χ2n) is 4.23. The SMILES string of the molecule is O=C(O)C1CCNC(c2ccc(F)cc2Cl)C1.